The standard InChI is InChI=1S/C27H28N4O3/c1-18(2)17-34-23-6-4-5-20(13-23)16-28-31-27(32)21-9-12-24-25(15-21)30-26(29-24)14-19-7-10-22(33-3)11-8-19/h4-13,15-16,18H,14,17H2,1-3H3,(H,29,30)(H,31,32)/b28-16-. The van der Waals surface area contributed by atoms with E-state index < -0.39 is 0 Å². The molecule has 0 radical (unpaired) electrons. The number of hydrogen-bond donors (Lipinski definition) is 2. The molecule has 2 N–H and O–H groups in total. The van der Waals surface area contributed by atoms with Gasteiger partial charge in [0.1, 0.15) is 17.3 Å². The van der Waals surface area contributed by atoms with Crippen LogP contribution in [-0.2, 0) is 6.42 Å². The highest BCUT2D eigenvalue weighted by Gasteiger charge is 2.09. The fourth-order valence-corrected chi connectivity index (χ4v) is 3.40. The SMILES string of the molecule is COc1ccc(Cc2nc3ccc(C(=O)N/N=C\c4cccc(OCC(C)C)c4)cc3[nH]2)cc1. The summed E-state index contributed by atoms with van der Waals surface area (Å²) < 4.78 is 10.9. The molecule has 0 unspecified atom stereocenters. The number of methoxy groups -OCH3 is 1. The Morgan fingerprint density at radius 1 is 1.09 bits per heavy atom. The van der Waals surface area contributed by atoms with Crippen molar-refractivity contribution in [3.05, 3.63) is 89.2 Å². The summed E-state index contributed by atoms with van der Waals surface area (Å²) in [6.07, 6.45) is 2.26. The number of nitrogens with zero attached hydrogens (tertiary/aromatic N) is 2. The van der Waals surface area contributed by atoms with Crippen LogP contribution in [0.1, 0.15) is 41.2 Å². The number of rotatable bonds is 9. The molecule has 3 aromatic carbocycles. The molecular formula is C27H28N4O3. The molecule has 34 heavy (non-hydrogen) atoms. The molecule has 0 spiro atoms. The minimum atomic E-state index is -0.295. The number of hydrogen-bond acceptors (Lipinski definition) is 5. The fraction of sp³-hybridized carbons (Fsp3) is 0.222. The molecule has 4 aromatic rings. The smallest absolute Gasteiger partial charge is 0.271 e. The first-order valence-corrected chi connectivity index (χ1v) is 11.2. The van der Waals surface area contributed by atoms with Gasteiger partial charge in [0.25, 0.3) is 5.91 Å². The van der Waals surface area contributed by atoms with Gasteiger partial charge in [-0.05, 0) is 59.5 Å². The van der Waals surface area contributed by atoms with Gasteiger partial charge in [-0.2, -0.15) is 5.10 Å². The van der Waals surface area contributed by atoms with Gasteiger partial charge in [0.2, 0.25) is 0 Å². The molecule has 0 aliphatic carbocycles. The summed E-state index contributed by atoms with van der Waals surface area (Å²) in [4.78, 5) is 20.5. The molecule has 1 heterocycles. The van der Waals surface area contributed by atoms with Crippen LogP contribution in [0.4, 0.5) is 0 Å². The number of fused-ring (bicyclic) bond motifs is 1. The highest BCUT2D eigenvalue weighted by Crippen LogP contribution is 2.18. The van der Waals surface area contributed by atoms with E-state index in [-0.39, 0.29) is 5.91 Å². The maximum Gasteiger partial charge on any atom is 0.271 e. The average Bonchev–Trinajstić information content (AvgIpc) is 3.25. The zero-order valence-corrected chi connectivity index (χ0v) is 19.5. The molecule has 174 valence electrons. The fourth-order valence-electron chi connectivity index (χ4n) is 3.40. The van der Waals surface area contributed by atoms with E-state index in [9.17, 15) is 4.79 Å². The van der Waals surface area contributed by atoms with Gasteiger partial charge in [-0.3, -0.25) is 4.79 Å². The van der Waals surface area contributed by atoms with Gasteiger partial charge in [-0.15, -0.1) is 0 Å². The first kappa shape index (κ1) is 23.0. The highest BCUT2D eigenvalue weighted by atomic mass is 16.5. The molecule has 7 heteroatoms. The molecular weight excluding hydrogens is 428 g/mol. The van der Waals surface area contributed by atoms with Gasteiger partial charge in [0.15, 0.2) is 0 Å². The molecule has 0 bridgehead atoms. The summed E-state index contributed by atoms with van der Waals surface area (Å²) in [5.41, 5.74) is 6.65. The number of benzene rings is 3. The van der Waals surface area contributed by atoms with Crippen LogP contribution in [0.25, 0.3) is 11.0 Å². The Kier molecular flexibility index (Phi) is 7.22. The van der Waals surface area contributed by atoms with Crippen molar-refractivity contribution in [2.24, 2.45) is 11.0 Å². The van der Waals surface area contributed by atoms with E-state index in [1.165, 1.54) is 0 Å². The second kappa shape index (κ2) is 10.7. The summed E-state index contributed by atoms with van der Waals surface area (Å²) in [7, 11) is 1.65. The van der Waals surface area contributed by atoms with Crippen LogP contribution in [-0.4, -0.2) is 35.8 Å². The Hall–Kier alpha value is -4.13. The number of ether oxygens (including phenoxy) is 2. The van der Waals surface area contributed by atoms with Crippen molar-refractivity contribution in [1.82, 2.24) is 15.4 Å². The largest absolute Gasteiger partial charge is 0.497 e. The third-order valence-electron chi connectivity index (χ3n) is 5.14. The van der Waals surface area contributed by atoms with Crippen molar-refractivity contribution in [3.8, 4) is 11.5 Å². The molecule has 0 atom stereocenters. The third-order valence-corrected chi connectivity index (χ3v) is 5.14. The monoisotopic (exact) mass is 456 g/mol. The Balaban J connectivity index is 1.39. The van der Waals surface area contributed by atoms with Crippen LogP contribution in [0.15, 0.2) is 71.8 Å². The van der Waals surface area contributed by atoms with E-state index in [0.29, 0.717) is 24.5 Å². The molecule has 7 nitrogen and oxygen atoms in total. The van der Waals surface area contributed by atoms with Gasteiger partial charge in [-0.25, -0.2) is 10.4 Å². The van der Waals surface area contributed by atoms with E-state index >= 15 is 0 Å². The number of imidazole rings is 1. The van der Waals surface area contributed by atoms with Crippen LogP contribution >= 0.6 is 0 Å². The average molecular weight is 457 g/mol. The van der Waals surface area contributed by atoms with Crippen molar-refractivity contribution in [3.63, 3.8) is 0 Å². The molecule has 0 aliphatic rings. The lowest BCUT2D eigenvalue weighted by Crippen LogP contribution is -2.17. The van der Waals surface area contributed by atoms with E-state index in [4.69, 9.17) is 9.47 Å². The molecule has 0 aliphatic heterocycles. The second-order valence-electron chi connectivity index (χ2n) is 8.42. The lowest BCUT2D eigenvalue weighted by molar-refractivity contribution is 0.0955. The summed E-state index contributed by atoms with van der Waals surface area (Å²) >= 11 is 0. The minimum Gasteiger partial charge on any atom is -0.497 e. The number of amides is 1. The Bertz CT molecular complexity index is 1290. The normalized spacial score (nSPS) is 11.3. The van der Waals surface area contributed by atoms with Crippen molar-refractivity contribution < 1.29 is 14.3 Å². The Morgan fingerprint density at radius 3 is 2.68 bits per heavy atom. The van der Waals surface area contributed by atoms with Crippen molar-refractivity contribution in [2.75, 3.05) is 13.7 Å². The van der Waals surface area contributed by atoms with Crippen LogP contribution in [0, 0.1) is 5.92 Å². The number of H-pyrrole nitrogens is 1. The van der Waals surface area contributed by atoms with Crippen LogP contribution < -0.4 is 14.9 Å². The summed E-state index contributed by atoms with van der Waals surface area (Å²) in [5.74, 6) is 2.58. The lowest BCUT2D eigenvalue weighted by atomic mass is 10.1. The van der Waals surface area contributed by atoms with E-state index in [2.05, 4.69) is 34.3 Å². The van der Waals surface area contributed by atoms with Crippen molar-refractivity contribution >= 4 is 23.2 Å². The predicted molar refractivity (Wildman–Crippen MR) is 134 cm³/mol. The Labute approximate surface area is 198 Å². The number of carbonyl (C=O) groups excluding carboxylic acids is 1. The molecule has 4 rings (SSSR count). The van der Waals surface area contributed by atoms with Crippen LogP contribution in [0.3, 0.4) is 0 Å². The molecule has 0 saturated heterocycles. The van der Waals surface area contributed by atoms with Gasteiger partial charge in [0.05, 0.1) is 31.0 Å². The van der Waals surface area contributed by atoms with E-state index in [0.717, 1.165) is 39.5 Å². The topological polar surface area (TPSA) is 88.6 Å². The van der Waals surface area contributed by atoms with Crippen molar-refractivity contribution in [2.45, 2.75) is 20.3 Å². The number of aromatic nitrogens is 2. The van der Waals surface area contributed by atoms with Gasteiger partial charge in [-0.1, -0.05) is 38.1 Å². The van der Waals surface area contributed by atoms with Gasteiger partial charge < -0.3 is 14.5 Å². The zero-order chi connectivity index (χ0) is 23.9. The predicted octanol–water partition coefficient (Wildman–Crippen LogP) is 4.96. The molecule has 1 aromatic heterocycles. The maximum atomic E-state index is 12.6. The van der Waals surface area contributed by atoms with Crippen molar-refractivity contribution in [1.29, 1.82) is 0 Å². The Morgan fingerprint density at radius 2 is 1.91 bits per heavy atom. The second-order valence-corrected chi connectivity index (χ2v) is 8.42. The molecule has 1 amide bonds. The van der Waals surface area contributed by atoms with Crippen LogP contribution in [0.5, 0.6) is 11.5 Å². The number of aromatic amines is 1. The molecule has 0 saturated carbocycles. The number of carbonyl (C=O) groups is 1. The summed E-state index contributed by atoms with van der Waals surface area (Å²) in [6, 6.07) is 20.8. The summed E-state index contributed by atoms with van der Waals surface area (Å²) in [6.45, 7) is 4.85. The first-order valence-electron chi connectivity index (χ1n) is 11.2. The van der Waals surface area contributed by atoms with Gasteiger partial charge >= 0.3 is 0 Å². The number of nitrogens with one attached hydrogen (secondary N) is 2. The zero-order valence-electron chi connectivity index (χ0n) is 19.5. The number of hydrazone groups is 1. The highest BCUT2D eigenvalue weighted by molar-refractivity contribution is 5.97. The van der Waals surface area contributed by atoms with E-state index in [1.54, 1.807) is 25.5 Å². The third kappa shape index (κ3) is 6.01. The minimum absolute atomic E-state index is 0.295. The first-order chi connectivity index (χ1) is 16.5. The van der Waals surface area contributed by atoms with Crippen LogP contribution in [0.2, 0.25) is 0 Å². The summed E-state index contributed by atoms with van der Waals surface area (Å²) in [5, 5.41) is 4.09. The maximum absolute atomic E-state index is 12.6. The van der Waals surface area contributed by atoms with Gasteiger partial charge in [0, 0.05) is 12.0 Å². The van der Waals surface area contributed by atoms with E-state index in [1.807, 2.05) is 54.6 Å². The quantitative estimate of drug-likeness (QED) is 0.275. The molecule has 0 fully saturated rings. The lowest BCUT2D eigenvalue weighted by Gasteiger charge is -2.08.